The Kier molecular flexibility index (Phi) is 3.37. The van der Waals surface area contributed by atoms with E-state index in [2.05, 4.69) is 4.98 Å². The summed E-state index contributed by atoms with van der Waals surface area (Å²) >= 11 is 0. The Morgan fingerprint density at radius 2 is 1.71 bits per heavy atom. The molecule has 1 rings (SSSR count). The van der Waals surface area contributed by atoms with E-state index in [1.807, 2.05) is 0 Å². The van der Waals surface area contributed by atoms with E-state index in [9.17, 15) is 34.8 Å². The summed E-state index contributed by atoms with van der Waals surface area (Å²) < 4.78 is 95.0. The predicted octanol–water partition coefficient (Wildman–Crippen LogP) is 1.93. The Balaban J connectivity index is 3.22. The Morgan fingerprint density at radius 1 is 1.18 bits per heavy atom. The number of alkyl halides is 3. The van der Waals surface area contributed by atoms with Gasteiger partial charge in [-0.3, -0.25) is 0 Å². The van der Waals surface area contributed by atoms with E-state index in [-0.39, 0.29) is 6.07 Å². The topological polar surface area (TPSA) is 47.0 Å². The summed E-state index contributed by atoms with van der Waals surface area (Å²) in [5.41, 5.74) is -6.90. The Morgan fingerprint density at radius 3 is 2.18 bits per heavy atom. The molecule has 0 aliphatic carbocycles. The van der Waals surface area contributed by atoms with Crippen molar-refractivity contribution in [3.8, 4) is 0 Å². The van der Waals surface area contributed by atoms with Gasteiger partial charge in [-0.2, -0.15) is 26.9 Å². The number of sulfone groups is 1. The van der Waals surface area contributed by atoms with Crippen LogP contribution in [0.3, 0.4) is 0 Å². The molecule has 0 aliphatic heterocycles. The first kappa shape index (κ1) is 13.7. The van der Waals surface area contributed by atoms with Gasteiger partial charge < -0.3 is 0 Å². The molecule has 3 nitrogen and oxygen atoms in total. The average Bonchev–Trinajstić information content (AvgIpc) is 2.11. The first-order valence-corrected chi connectivity index (χ1v) is 5.49. The summed E-state index contributed by atoms with van der Waals surface area (Å²) in [4.78, 5) is 2.34. The third-order valence-corrected chi connectivity index (χ3v) is 3.06. The number of halogens is 6. The van der Waals surface area contributed by atoms with E-state index in [0.717, 1.165) is 0 Å². The number of rotatable bonds is 2. The van der Waals surface area contributed by atoms with Crippen LogP contribution in [-0.2, 0) is 15.6 Å². The molecule has 0 fully saturated rings. The molecule has 0 radical (unpaired) electrons. The fraction of sp³-hybridized carbons (Fsp3) is 0.286. The highest BCUT2D eigenvalue weighted by Crippen LogP contribution is 2.27. The molecule has 0 aromatic carbocycles. The molecule has 0 bridgehead atoms. The highest BCUT2D eigenvalue weighted by molar-refractivity contribution is 7.91. The van der Waals surface area contributed by atoms with Gasteiger partial charge in [-0.1, -0.05) is 0 Å². The lowest BCUT2D eigenvalue weighted by atomic mass is 10.3. The van der Waals surface area contributed by atoms with Gasteiger partial charge in [0.05, 0.1) is 5.75 Å². The molecule has 96 valence electrons. The number of nitrogens with zero attached hydrogens (tertiary/aromatic N) is 1. The first-order valence-electron chi connectivity index (χ1n) is 3.84. The van der Waals surface area contributed by atoms with Crippen LogP contribution in [0.1, 0.15) is 5.56 Å². The first-order chi connectivity index (χ1) is 7.54. The summed E-state index contributed by atoms with van der Waals surface area (Å²) in [5, 5.41) is 0. The van der Waals surface area contributed by atoms with E-state index >= 15 is 0 Å². The maximum Gasteiger partial charge on any atom is 0.497 e. The lowest BCUT2D eigenvalue weighted by molar-refractivity contribution is -0.0437. The second-order valence-corrected chi connectivity index (χ2v) is 4.89. The molecule has 0 saturated heterocycles. The van der Waals surface area contributed by atoms with Crippen molar-refractivity contribution in [3.05, 3.63) is 29.3 Å². The summed E-state index contributed by atoms with van der Waals surface area (Å²) in [5.74, 6) is -7.44. The quantitative estimate of drug-likeness (QED) is 0.614. The molecular formula is C7H3F6NO2S. The Bertz CT molecular complexity index is 538. The number of hydrogen-bond donors (Lipinski definition) is 0. The monoisotopic (exact) mass is 279 g/mol. The molecule has 0 unspecified atom stereocenters. The van der Waals surface area contributed by atoms with Crippen LogP contribution in [0, 0.1) is 17.7 Å². The zero-order valence-electron chi connectivity index (χ0n) is 7.72. The largest absolute Gasteiger partial charge is 0.497 e. The average molecular weight is 279 g/mol. The van der Waals surface area contributed by atoms with Crippen LogP contribution >= 0.6 is 0 Å². The minimum absolute atomic E-state index is 0.0850. The molecular weight excluding hydrogens is 276 g/mol. The van der Waals surface area contributed by atoms with Crippen LogP contribution < -0.4 is 0 Å². The van der Waals surface area contributed by atoms with E-state index in [0.29, 0.717) is 0 Å². The second kappa shape index (κ2) is 4.17. The molecule has 1 heterocycles. The third kappa shape index (κ3) is 2.87. The molecule has 1 aromatic rings. The van der Waals surface area contributed by atoms with Crippen LogP contribution in [0.25, 0.3) is 0 Å². The van der Waals surface area contributed by atoms with Crippen molar-refractivity contribution >= 4 is 9.84 Å². The van der Waals surface area contributed by atoms with Crippen LogP contribution in [0.2, 0.25) is 0 Å². The molecule has 0 saturated carbocycles. The van der Waals surface area contributed by atoms with E-state index < -0.39 is 44.4 Å². The smallest absolute Gasteiger partial charge is 0.219 e. The van der Waals surface area contributed by atoms with Gasteiger partial charge in [0.25, 0.3) is 15.8 Å². The zero-order chi connectivity index (χ0) is 13.4. The molecule has 10 heteroatoms. The molecule has 1 aromatic heterocycles. The maximum absolute atomic E-state index is 12.9. The van der Waals surface area contributed by atoms with Crippen molar-refractivity contribution in [1.29, 1.82) is 0 Å². The Hall–Kier alpha value is -1.32. The van der Waals surface area contributed by atoms with Crippen molar-refractivity contribution < 1.29 is 34.8 Å². The molecule has 17 heavy (non-hydrogen) atoms. The third-order valence-electron chi connectivity index (χ3n) is 1.66. The van der Waals surface area contributed by atoms with Crippen molar-refractivity contribution in [3.63, 3.8) is 0 Å². The van der Waals surface area contributed by atoms with Gasteiger partial charge in [-0.05, 0) is 0 Å². The van der Waals surface area contributed by atoms with Gasteiger partial charge in [0.2, 0.25) is 5.95 Å². The van der Waals surface area contributed by atoms with E-state index in [1.165, 1.54) is 0 Å². The van der Waals surface area contributed by atoms with Crippen molar-refractivity contribution in [2.24, 2.45) is 0 Å². The number of aromatic nitrogens is 1. The van der Waals surface area contributed by atoms with E-state index in [4.69, 9.17) is 0 Å². The van der Waals surface area contributed by atoms with Crippen LogP contribution in [0.4, 0.5) is 26.3 Å². The summed E-state index contributed by atoms with van der Waals surface area (Å²) in [7, 11) is -5.71. The highest BCUT2D eigenvalue weighted by Gasteiger charge is 2.45. The van der Waals surface area contributed by atoms with Crippen LogP contribution in [-0.4, -0.2) is 18.9 Å². The maximum atomic E-state index is 12.9. The van der Waals surface area contributed by atoms with Gasteiger partial charge in [-0.15, -0.1) is 0 Å². The fourth-order valence-corrected chi connectivity index (χ4v) is 1.69. The molecule has 0 atom stereocenters. The summed E-state index contributed by atoms with van der Waals surface area (Å²) in [6, 6.07) is 0.0850. The summed E-state index contributed by atoms with van der Waals surface area (Å²) in [6.45, 7) is 0. The Labute approximate surface area is 91.0 Å². The van der Waals surface area contributed by atoms with Gasteiger partial charge in [0, 0.05) is 11.6 Å². The number of hydrogen-bond acceptors (Lipinski definition) is 3. The predicted molar refractivity (Wildman–Crippen MR) is 42.8 cm³/mol. The SMILES string of the molecule is O=S(=O)(Cc1cc(F)nc(F)c1F)C(F)(F)F. The van der Waals surface area contributed by atoms with Gasteiger partial charge in [-0.25, -0.2) is 12.8 Å². The van der Waals surface area contributed by atoms with Crippen molar-refractivity contribution in [2.75, 3.05) is 0 Å². The zero-order valence-corrected chi connectivity index (χ0v) is 8.54. The minimum Gasteiger partial charge on any atom is -0.219 e. The molecule has 0 N–H and O–H groups in total. The fourth-order valence-electron chi connectivity index (χ4n) is 0.906. The van der Waals surface area contributed by atoms with Gasteiger partial charge >= 0.3 is 5.51 Å². The van der Waals surface area contributed by atoms with Crippen molar-refractivity contribution in [2.45, 2.75) is 11.3 Å². The van der Waals surface area contributed by atoms with Crippen molar-refractivity contribution in [1.82, 2.24) is 4.98 Å². The van der Waals surface area contributed by atoms with Crippen LogP contribution in [0.15, 0.2) is 6.07 Å². The number of pyridine rings is 1. The van der Waals surface area contributed by atoms with Crippen LogP contribution in [0.5, 0.6) is 0 Å². The van der Waals surface area contributed by atoms with E-state index in [1.54, 1.807) is 0 Å². The molecule has 0 spiro atoms. The summed E-state index contributed by atoms with van der Waals surface area (Å²) in [6.07, 6.45) is 0. The standard InChI is InChI=1S/C7H3F6NO2S/c8-4-1-3(5(9)6(10)14-4)2-17(15,16)7(11,12)13/h1H,2H2. The van der Waals surface area contributed by atoms with Gasteiger partial charge in [0.15, 0.2) is 5.82 Å². The minimum atomic E-state index is -5.71. The highest BCUT2D eigenvalue weighted by atomic mass is 32.2. The second-order valence-electron chi connectivity index (χ2n) is 2.91. The lowest BCUT2D eigenvalue weighted by Gasteiger charge is -2.08. The van der Waals surface area contributed by atoms with Gasteiger partial charge in [0.1, 0.15) is 0 Å². The normalized spacial score (nSPS) is 12.8. The lowest BCUT2D eigenvalue weighted by Crippen LogP contribution is -2.25. The molecule has 0 aliphatic rings. The molecule has 0 amide bonds.